The standard InChI is InChI=1S/C18H14N4O3S/c1-11-15(23)8-7-14-12(9-16(24)25-17(11)14)10-26-18-19-20-21-22(18)13-5-3-2-4-6-13/h2-9,23H,10H2,1H3. The van der Waals surface area contributed by atoms with Crippen LogP contribution in [0.15, 0.2) is 62.9 Å². The number of rotatable bonds is 4. The lowest BCUT2D eigenvalue weighted by atomic mass is 10.1. The summed E-state index contributed by atoms with van der Waals surface area (Å²) in [5.74, 6) is 0.581. The number of phenolic OH excluding ortho intramolecular Hbond substituents is 1. The SMILES string of the molecule is Cc1c(O)ccc2c(CSc3nnnn3-c3ccccc3)cc(=O)oc12. The van der Waals surface area contributed by atoms with Crippen LogP contribution in [0.1, 0.15) is 11.1 Å². The lowest BCUT2D eigenvalue weighted by Gasteiger charge is -2.08. The third kappa shape index (κ3) is 2.95. The van der Waals surface area contributed by atoms with Gasteiger partial charge in [-0.3, -0.25) is 0 Å². The molecule has 0 unspecified atom stereocenters. The topological polar surface area (TPSA) is 94.0 Å². The lowest BCUT2D eigenvalue weighted by molar-refractivity contribution is 0.468. The molecule has 26 heavy (non-hydrogen) atoms. The van der Waals surface area contributed by atoms with Crippen LogP contribution < -0.4 is 5.63 Å². The molecule has 2 heterocycles. The van der Waals surface area contributed by atoms with Gasteiger partial charge in [-0.25, -0.2) is 4.79 Å². The quantitative estimate of drug-likeness (QED) is 0.438. The highest BCUT2D eigenvalue weighted by molar-refractivity contribution is 7.98. The van der Waals surface area contributed by atoms with Crippen molar-refractivity contribution >= 4 is 22.7 Å². The first-order valence-electron chi connectivity index (χ1n) is 7.85. The van der Waals surface area contributed by atoms with Crippen molar-refractivity contribution in [2.24, 2.45) is 0 Å². The van der Waals surface area contributed by atoms with Gasteiger partial charge in [-0.05, 0) is 47.2 Å². The van der Waals surface area contributed by atoms with Crippen molar-refractivity contribution in [1.29, 1.82) is 0 Å². The Hall–Kier alpha value is -3.13. The molecule has 2 aromatic heterocycles. The van der Waals surface area contributed by atoms with Crippen LogP contribution in [0.3, 0.4) is 0 Å². The number of aryl methyl sites for hydroxylation is 1. The minimum Gasteiger partial charge on any atom is -0.508 e. The summed E-state index contributed by atoms with van der Waals surface area (Å²) in [6.07, 6.45) is 0. The van der Waals surface area contributed by atoms with Gasteiger partial charge in [0.05, 0.1) is 5.69 Å². The van der Waals surface area contributed by atoms with Crippen LogP contribution in [0.2, 0.25) is 0 Å². The number of phenols is 1. The predicted molar refractivity (Wildman–Crippen MR) is 97.6 cm³/mol. The Morgan fingerprint density at radius 2 is 2.00 bits per heavy atom. The maximum atomic E-state index is 11.9. The summed E-state index contributed by atoms with van der Waals surface area (Å²) in [7, 11) is 0. The Morgan fingerprint density at radius 1 is 1.19 bits per heavy atom. The van der Waals surface area contributed by atoms with E-state index in [9.17, 15) is 9.90 Å². The van der Waals surface area contributed by atoms with Gasteiger partial charge in [0, 0.05) is 22.8 Å². The molecule has 130 valence electrons. The normalized spacial score (nSPS) is 11.1. The van der Waals surface area contributed by atoms with Gasteiger partial charge in [0.1, 0.15) is 11.3 Å². The number of aromatic nitrogens is 4. The molecule has 0 fully saturated rings. The Kier molecular flexibility index (Phi) is 4.18. The number of thioether (sulfide) groups is 1. The van der Waals surface area contributed by atoms with Crippen LogP contribution in [0.5, 0.6) is 5.75 Å². The number of hydrogen-bond acceptors (Lipinski definition) is 7. The van der Waals surface area contributed by atoms with Gasteiger partial charge >= 0.3 is 5.63 Å². The Labute approximate surface area is 152 Å². The van der Waals surface area contributed by atoms with Gasteiger partial charge in [-0.15, -0.1) is 5.10 Å². The van der Waals surface area contributed by atoms with E-state index < -0.39 is 5.63 Å². The van der Waals surface area contributed by atoms with Gasteiger partial charge in [-0.2, -0.15) is 4.68 Å². The summed E-state index contributed by atoms with van der Waals surface area (Å²) >= 11 is 1.42. The smallest absolute Gasteiger partial charge is 0.336 e. The minimum absolute atomic E-state index is 0.0958. The first-order valence-corrected chi connectivity index (χ1v) is 8.84. The number of hydrogen-bond donors (Lipinski definition) is 1. The third-order valence-electron chi connectivity index (χ3n) is 4.02. The molecule has 1 N–H and O–H groups in total. The fourth-order valence-corrected chi connectivity index (χ4v) is 3.56. The molecule has 0 bridgehead atoms. The second-order valence-corrected chi connectivity index (χ2v) is 6.62. The second-order valence-electron chi connectivity index (χ2n) is 5.67. The number of aromatic hydroxyl groups is 1. The summed E-state index contributed by atoms with van der Waals surface area (Å²) in [5, 5.41) is 23.1. The monoisotopic (exact) mass is 366 g/mol. The number of nitrogens with zero attached hydrogens (tertiary/aromatic N) is 4. The maximum absolute atomic E-state index is 11.9. The summed E-state index contributed by atoms with van der Waals surface area (Å²) in [6, 6.07) is 14.4. The summed E-state index contributed by atoms with van der Waals surface area (Å²) in [6.45, 7) is 1.72. The van der Waals surface area contributed by atoms with Crippen molar-refractivity contribution in [2.75, 3.05) is 0 Å². The first-order chi connectivity index (χ1) is 12.6. The molecular weight excluding hydrogens is 352 g/mol. The van der Waals surface area contributed by atoms with Crippen molar-refractivity contribution in [3.63, 3.8) is 0 Å². The maximum Gasteiger partial charge on any atom is 0.336 e. The second kappa shape index (κ2) is 6.64. The van der Waals surface area contributed by atoms with Crippen LogP contribution in [0.4, 0.5) is 0 Å². The fraction of sp³-hybridized carbons (Fsp3) is 0.111. The van der Waals surface area contributed by atoms with Crippen LogP contribution in [0.25, 0.3) is 16.7 Å². The molecule has 7 nitrogen and oxygen atoms in total. The highest BCUT2D eigenvalue weighted by Gasteiger charge is 2.13. The Bertz CT molecular complexity index is 1140. The van der Waals surface area contributed by atoms with E-state index in [1.807, 2.05) is 30.3 Å². The highest BCUT2D eigenvalue weighted by Crippen LogP contribution is 2.30. The predicted octanol–water partition coefficient (Wildman–Crippen LogP) is 3.08. The van der Waals surface area contributed by atoms with Crippen molar-refractivity contribution in [1.82, 2.24) is 20.2 Å². The number of benzene rings is 2. The van der Waals surface area contributed by atoms with Crippen LogP contribution in [-0.2, 0) is 5.75 Å². The van der Waals surface area contributed by atoms with Crippen LogP contribution >= 0.6 is 11.8 Å². The summed E-state index contributed by atoms with van der Waals surface area (Å²) in [5.41, 5.74) is 2.14. The van der Waals surface area contributed by atoms with Crippen LogP contribution in [-0.4, -0.2) is 25.3 Å². The first kappa shape index (κ1) is 16.3. The molecule has 0 radical (unpaired) electrons. The van der Waals surface area contributed by atoms with Crippen molar-refractivity contribution in [3.8, 4) is 11.4 Å². The Balaban J connectivity index is 1.69. The van der Waals surface area contributed by atoms with Gasteiger partial charge in [0.2, 0.25) is 5.16 Å². The molecule has 0 saturated carbocycles. The van der Waals surface area contributed by atoms with Gasteiger partial charge < -0.3 is 9.52 Å². The van der Waals surface area contributed by atoms with Crippen molar-refractivity contribution < 1.29 is 9.52 Å². The largest absolute Gasteiger partial charge is 0.508 e. The molecule has 0 amide bonds. The fourth-order valence-electron chi connectivity index (χ4n) is 2.68. The van der Waals surface area contributed by atoms with Crippen molar-refractivity contribution in [3.05, 3.63) is 70.1 Å². The van der Waals surface area contributed by atoms with E-state index in [-0.39, 0.29) is 5.75 Å². The molecule has 0 spiro atoms. The van der Waals surface area contributed by atoms with E-state index in [4.69, 9.17) is 4.42 Å². The number of tetrazole rings is 1. The van der Waals surface area contributed by atoms with E-state index >= 15 is 0 Å². The van der Waals surface area contributed by atoms with Gasteiger partial charge in [-0.1, -0.05) is 30.0 Å². The van der Waals surface area contributed by atoms with Gasteiger partial charge in [0.25, 0.3) is 0 Å². The summed E-state index contributed by atoms with van der Waals surface area (Å²) < 4.78 is 6.92. The molecule has 0 atom stereocenters. The van der Waals surface area contributed by atoms with Crippen LogP contribution in [0, 0.1) is 6.92 Å². The van der Waals surface area contributed by atoms with E-state index in [0.29, 0.717) is 22.1 Å². The molecule has 0 saturated heterocycles. The van der Waals surface area contributed by atoms with Gasteiger partial charge in [0.15, 0.2) is 0 Å². The molecular formula is C18H14N4O3S. The van der Waals surface area contributed by atoms with E-state index in [2.05, 4.69) is 15.5 Å². The molecule has 0 aliphatic rings. The molecule has 4 rings (SSSR count). The molecule has 0 aliphatic carbocycles. The lowest BCUT2D eigenvalue weighted by Crippen LogP contribution is -2.02. The zero-order valence-corrected chi connectivity index (χ0v) is 14.6. The van der Waals surface area contributed by atoms with Crippen molar-refractivity contribution in [2.45, 2.75) is 17.8 Å². The minimum atomic E-state index is -0.454. The molecule has 2 aromatic carbocycles. The highest BCUT2D eigenvalue weighted by atomic mass is 32.2. The Morgan fingerprint density at radius 3 is 2.81 bits per heavy atom. The zero-order chi connectivity index (χ0) is 18.1. The molecule has 8 heteroatoms. The molecule has 4 aromatic rings. The average Bonchev–Trinajstić information content (AvgIpc) is 3.12. The molecule has 0 aliphatic heterocycles. The average molecular weight is 366 g/mol. The summed E-state index contributed by atoms with van der Waals surface area (Å²) in [4.78, 5) is 11.9. The number of para-hydroxylation sites is 1. The van der Waals surface area contributed by atoms with E-state index in [1.165, 1.54) is 17.8 Å². The zero-order valence-electron chi connectivity index (χ0n) is 13.8. The third-order valence-corrected chi connectivity index (χ3v) is 4.98. The van der Waals surface area contributed by atoms with E-state index in [0.717, 1.165) is 16.6 Å². The number of fused-ring (bicyclic) bond motifs is 1. The van der Waals surface area contributed by atoms with E-state index in [1.54, 1.807) is 23.7 Å².